The molecule has 31 heavy (non-hydrogen) atoms. The van der Waals surface area contributed by atoms with Gasteiger partial charge in [0.05, 0.1) is 23.4 Å². The molecule has 5 rings (SSSR count). The molecule has 0 radical (unpaired) electrons. The highest BCUT2D eigenvalue weighted by Gasteiger charge is 2.38. The molecule has 2 aliphatic rings. The van der Waals surface area contributed by atoms with Crippen molar-refractivity contribution in [1.82, 2.24) is 29.2 Å². The second kappa shape index (κ2) is 7.07. The molecule has 1 unspecified atom stereocenters. The molecule has 1 saturated carbocycles. The van der Waals surface area contributed by atoms with Crippen molar-refractivity contribution in [2.75, 3.05) is 24.2 Å². The third kappa shape index (κ3) is 3.73. The number of amides is 1. The van der Waals surface area contributed by atoms with Crippen molar-refractivity contribution in [1.29, 1.82) is 0 Å². The Morgan fingerprint density at radius 1 is 1.19 bits per heavy atom. The molecule has 2 fully saturated rings. The third-order valence-electron chi connectivity index (χ3n) is 6.18. The summed E-state index contributed by atoms with van der Waals surface area (Å²) in [5.74, 6) is 1.12. The first-order valence-corrected chi connectivity index (χ1v) is 10.5. The Morgan fingerprint density at radius 2 is 2.00 bits per heavy atom. The Kier molecular flexibility index (Phi) is 4.45. The van der Waals surface area contributed by atoms with E-state index in [2.05, 4.69) is 32.6 Å². The molecule has 4 heterocycles. The van der Waals surface area contributed by atoms with Crippen LogP contribution < -0.4 is 16.2 Å². The molecule has 3 aromatic rings. The van der Waals surface area contributed by atoms with Gasteiger partial charge in [0.1, 0.15) is 11.2 Å². The highest BCUT2D eigenvalue weighted by molar-refractivity contribution is 5.90. The van der Waals surface area contributed by atoms with E-state index in [1.54, 1.807) is 24.3 Å². The van der Waals surface area contributed by atoms with Crippen molar-refractivity contribution in [3.8, 4) is 0 Å². The van der Waals surface area contributed by atoms with E-state index in [0.717, 1.165) is 24.9 Å². The van der Waals surface area contributed by atoms with Crippen LogP contribution in [0, 0.1) is 0 Å². The lowest BCUT2D eigenvalue weighted by atomic mass is 10.1. The summed E-state index contributed by atoms with van der Waals surface area (Å²) >= 11 is 0. The van der Waals surface area contributed by atoms with Crippen molar-refractivity contribution < 1.29 is 4.79 Å². The molecule has 10 nitrogen and oxygen atoms in total. The average Bonchev–Trinajstić information content (AvgIpc) is 3.27. The van der Waals surface area contributed by atoms with Crippen LogP contribution in [-0.4, -0.2) is 54.3 Å². The molecule has 1 atom stereocenters. The van der Waals surface area contributed by atoms with Gasteiger partial charge >= 0.3 is 0 Å². The summed E-state index contributed by atoms with van der Waals surface area (Å²) in [4.78, 5) is 35.4. The monoisotopic (exact) mass is 422 g/mol. The van der Waals surface area contributed by atoms with Crippen molar-refractivity contribution in [2.45, 2.75) is 44.2 Å². The smallest absolute Gasteiger partial charge is 0.263 e. The van der Waals surface area contributed by atoms with Crippen molar-refractivity contribution in [3.63, 3.8) is 0 Å². The van der Waals surface area contributed by atoms with Gasteiger partial charge in [-0.3, -0.25) is 14.3 Å². The maximum absolute atomic E-state index is 12.7. The Balaban J connectivity index is 1.44. The summed E-state index contributed by atoms with van der Waals surface area (Å²) in [6, 6.07) is 1.97. The maximum Gasteiger partial charge on any atom is 0.263 e. The topological polar surface area (TPSA) is 110 Å². The van der Waals surface area contributed by atoms with Crippen LogP contribution in [0.1, 0.15) is 38.6 Å². The van der Waals surface area contributed by atoms with E-state index in [1.807, 2.05) is 24.0 Å². The van der Waals surface area contributed by atoms with Gasteiger partial charge in [-0.15, -0.1) is 0 Å². The number of anilines is 3. The summed E-state index contributed by atoms with van der Waals surface area (Å²) in [5, 5.41) is 11.6. The molecule has 3 aromatic heterocycles. The van der Waals surface area contributed by atoms with Crippen LogP contribution in [0.2, 0.25) is 0 Å². The lowest BCUT2D eigenvalue weighted by molar-refractivity contribution is -0.133. The predicted octanol–water partition coefficient (Wildman–Crippen LogP) is 2.03. The van der Waals surface area contributed by atoms with Crippen molar-refractivity contribution in [3.05, 3.63) is 35.0 Å². The molecule has 2 N–H and O–H groups in total. The standard InChI is InChI=1S/C21H26N8O2/c1-21(7-8-21)26-18-17-15(6-9-27(2)19(17)31)24-20(25-18)23-13-10-22-29(11-13)14-4-5-16(30)28(3)12-14/h6,9-11,14H,4-5,7-8,12H2,1-3H3,(H2,23,24,25,26). The van der Waals surface area contributed by atoms with E-state index >= 15 is 0 Å². The highest BCUT2D eigenvalue weighted by Crippen LogP contribution is 2.39. The van der Waals surface area contributed by atoms with Crippen LogP contribution in [0.4, 0.5) is 17.5 Å². The number of hydrogen-bond donors (Lipinski definition) is 2. The fourth-order valence-corrected chi connectivity index (χ4v) is 3.92. The number of piperidine rings is 1. The number of likely N-dealkylation sites (N-methyl/N-ethyl adjacent to an activating group) is 1. The summed E-state index contributed by atoms with van der Waals surface area (Å²) in [7, 11) is 3.54. The molecule has 1 aliphatic heterocycles. The number of aryl methyl sites for hydroxylation is 1. The Morgan fingerprint density at radius 3 is 2.74 bits per heavy atom. The lowest BCUT2D eigenvalue weighted by Gasteiger charge is -2.29. The zero-order valence-electron chi connectivity index (χ0n) is 17.9. The van der Waals surface area contributed by atoms with Crippen LogP contribution >= 0.6 is 0 Å². The highest BCUT2D eigenvalue weighted by atomic mass is 16.2. The Labute approximate surface area is 179 Å². The van der Waals surface area contributed by atoms with E-state index in [0.29, 0.717) is 35.6 Å². The molecular weight excluding hydrogens is 396 g/mol. The molecule has 1 amide bonds. The number of nitrogens with zero attached hydrogens (tertiary/aromatic N) is 6. The number of nitrogens with one attached hydrogen (secondary N) is 2. The van der Waals surface area contributed by atoms with Crippen LogP contribution in [-0.2, 0) is 11.8 Å². The number of hydrogen-bond acceptors (Lipinski definition) is 7. The second-order valence-electron chi connectivity index (χ2n) is 8.87. The van der Waals surface area contributed by atoms with Gasteiger partial charge in [0.2, 0.25) is 11.9 Å². The zero-order valence-corrected chi connectivity index (χ0v) is 17.9. The molecular formula is C21H26N8O2. The van der Waals surface area contributed by atoms with Gasteiger partial charge in [0, 0.05) is 45.0 Å². The Hall–Kier alpha value is -3.43. The number of likely N-dealkylation sites (tertiary alicyclic amines) is 1. The minimum absolute atomic E-state index is 0.0330. The minimum Gasteiger partial charge on any atom is -0.364 e. The molecule has 0 aromatic carbocycles. The lowest BCUT2D eigenvalue weighted by Crippen LogP contribution is -2.38. The number of rotatable bonds is 5. The second-order valence-corrected chi connectivity index (χ2v) is 8.87. The summed E-state index contributed by atoms with van der Waals surface area (Å²) in [6.07, 6.45) is 8.72. The summed E-state index contributed by atoms with van der Waals surface area (Å²) < 4.78 is 3.42. The SMILES string of the molecule is CN1CC(n2cc(Nc3nc(NC4(C)CC4)c4c(=O)n(C)ccc4n3)cn2)CCC1=O. The van der Waals surface area contributed by atoms with Gasteiger partial charge in [0.25, 0.3) is 5.56 Å². The summed E-state index contributed by atoms with van der Waals surface area (Å²) in [5.41, 5.74) is 1.19. The zero-order chi connectivity index (χ0) is 21.8. The number of carbonyl (C=O) groups excluding carboxylic acids is 1. The van der Waals surface area contributed by atoms with Crippen LogP contribution in [0.5, 0.6) is 0 Å². The molecule has 10 heteroatoms. The number of pyridine rings is 1. The van der Waals surface area contributed by atoms with Gasteiger partial charge in [-0.1, -0.05) is 0 Å². The van der Waals surface area contributed by atoms with Crippen LogP contribution in [0.25, 0.3) is 10.9 Å². The fourth-order valence-electron chi connectivity index (χ4n) is 3.92. The van der Waals surface area contributed by atoms with Crippen molar-refractivity contribution in [2.24, 2.45) is 7.05 Å². The first-order valence-electron chi connectivity index (χ1n) is 10.5. The largest absolute Gasteiger partial charge is 0.364 e. The fraction of sp³-hybridized carbons (Fsp3) is 0.476. The van der Waals surface area contributed by atoms with Crippen LogP contribution in [0.15, 0.2) is 29.5 Å². The normalized spacial score (nSPS) is 20.2. The van der Waals surface area contributed by atoms with E-state index in [9.17, 15) is 9.59 Å². The van der Waals surface area contributed by atoms with Gasteiger partial charge in [-0.25, -0.2) is 4.98 Å². The minimum atomic E-state index is -0.125. The summed E-state index contributed by atoms with van der Waals surface area (Å²) in [6.45, 7) is 2.76. The first-order chi connectivity index (χ1) is 14.8. The molecule has 1 aliphatic carbocycles. The predicted molar refractivity (Wildman–Crippen MR) is 117 cm³/mol. The van der Waals surface area contributed by atoms with Gasteiger partial charge < -0.3 is 20.1 Å². The van der Waals surface area contributed by atoms with E-state index < -0.39 is 0 Å². The van der Waals surface area contributed by atoms with E-state index in [4.69, 9.17) is 0 Å². The van der Waals surface area contributed by atoms with Gasteiger partial charge in [-0.05, 0) is 32.3 Å². The number of fused-ring (bicyclic) bond motifs is 1. The maximum atomic E-state index is 12.7. The average molecular weight is 422 g/mol. The molecule has 0 spiro atoms. The molecule has 0 bridgehead atoms. The van der Waals surface area contributed by atoms with Gasteiger partial charge in [0.15, 0.2) is 0 Å². The van der Waals surface area contributed by atoms with E-state index in [1.165, 1.54) is 4.57 Å². The van der Waals surface area contributed by atoms with Crippen LogP contribution in [0.3, 0.4) is 0 Å². The van der Waals surface area contributed by atoms with Gasteiger partial charge in [-0.2, -0.15) is 10.1 Å². The molecule has 162 valence electrons. The van der Waals surface area contributed by atoms with Crippen molar-refractivity contribution >= 4 is 34.3 Å². The number of carbonyl (C=O) groups is 1. The molecule has 1 saturated heterocycles. The van der Waals surface area contributed by atoms with E-state index in [-0.39, 0.29) is 23.0 Å². The first kappa shape index (κ1) is 19.5. The quantitative estimate of drug-likeness (QED) is 0.647. The number of aromatic nitrogens is 5. The third-order valence-corrected chi connectivity index (χ3v) is 6.18. The Bertz CT molecular complexity index is 1230.